The highest BCUT2D eigenvalue weighted by atomic mass is 19.1. The molecule has 21 heavy (non-hydrogen) atoms. The molecule has 0 spiro atoms. The number of aliphatic hydroxyl groups is 1. The van der Waals surface area contributed by atoms with Gasteiger partial charge in [-0.1, -0.05) is 0 Å². The van der Waals surface area contributed by atoms with Crippen molar-refractivity contribution in [2.75, 3.05) is 26.2 Å². The number of nitrogens with one attached hydrogen (secondary N) is 2. The largest absolute Gasteiger partial charge is 0.395 e. The van der Waals surface area contributed by atoms with Crippen molar-refractivity contribution in [3.63, 3.8) is 0 Å². The molecular formula is C15H20FN3O2. The van der Waals surface area contributed by atoms with Crippen LogP contribution in [0.3, 0.4) is 0 Å². The number of hydrogen-bond donors (Lipinski definition) is 3. The quantitative estimate of drug-likeness (QED) is 0.761. The summed E-state index contributed by atoms with van der Waals surface area (Å²) >= 11 is 0. The van der Waals surface area contributed by atoms with Crippen LogP contribution >= 0.6 is 0 Å². The Morgan fingerprint density at radius 3 is 3.00 bits per heavy atom. The van der Waals surface area contributed by atoms with Gasteiger partial charge in [-0.3, -0.25) is 0 Å². The zero-order valence-corrected chi connectivity index (χ0v) is 12.0. The fourth-order valence-corrected chi connectivity index (χ4v) is 2.31. The lowest BCUT2D eigenvalue weighted by atomic mass is 10.1. The molecule has 0 unspecified atom stereocenters. The Kier molecular flexibility index (Phi) is 5.16. The molecule has 0 saturated carbocycles. The predicted octanol–water partition coefficient (Wildman–Crippen LogP) is 1.87. The number of nitrogens with zero attached hydrogens (tertiary/aromatic N) is 1. The lowest BCUT2D eigenvalue weighted by Crippen LogP contribution is -2.42. The highest BCUT2D eigenvalue weighted by molar-refractivity contribution is 5.83. The molecule has 2 aromatic rings. The first-order valence-electron chi connectivity index (χ1n) is 7.04. The SMILES string of the molecule is CCN(CCO)C(=O)NCCc1c[nH]c2cc(F)ccc12. The fraction of sp³-hybridized carbons (Fsp3) is 0.400. The Morgan fingerprint density at radius 2 is 2.29 bits per heavy atom. The summed E-state index contributed by atoms with van der Waals surface area (Å²) in [7, 11) is 0. The first-order chi connectivity index (χ1) is 10.2. The number of carbonyl (C=O) groups is 1. The highest BCUT2D eigenvalue weighted by Crippen LogP contribution is 2.19. The third kappa shape index (κ3) is 3.72. The molecule has 0 aliphatic heterocycles. The second-order valence-electron chi connectivity index (χ2n) is 4.79. The predicted molar refractivity (Wildman–Crippen MR) is 79.7 cm³/mol. The van der Waals surface area contributed by atoms with E-state index >= 15 is 0 Å². The zero-order chi connectivity index (χ0) is 15.2. The number of fused-ring (bicyclic) bond motifs is 1. The van der Waals surface area contributed by atoms with Crippen LogP contribution in [0, 0.1) is 5.82 Å². The third-order valence-corrected chi connectivity index (χ3v) is 3.44. The molecule has 0 saturated heterocycles. The standard InChI is InChI=1S/C15H20FN3O2/c1-2-19(7-8-20)15(21)17-6-5-11-10-18-14-9-12(16)3-4-13(11)14/h3-4,9-10,18,20H,2,5-8H2,1H3,(H,17,21). The number of aliphatic hydroxyl groups excluding tert-OH is 1. The van der Waals surface area contributed by atoms with E-state index in [0.29, 0.717) is 26.1 Å². The van der Waals surface area contributed by atoms with Crippen molar-refractivity contribution in [2.45, 2.75) is 13.3 Å². The molecule has 0 aliphatic rings. The van der Waals surface area contributed by atoms with Gasteiger partial charge in [0.2, 0.25) is 0 Å². The van der Waals surface area contributed by atoms with Gasteiger partial charge in [0.25, 0.3) is 0 Å². The number of carbonyl (C=O) groups excluding carboxylic acids is 1. The summed E-state index contributed by atoms with van der Waals surface area (Å²) < 4.78 is 13.1. The Labute approximate surface area is 122 Å². The molecule has 114 valence electrons. The Hall–Kier alpha value is -2.08. The van der Waals surface area contributed by atoms with Crippen molar-refractivity contribution >= 4 is 16.9 Å². The molecule has 0 atom stereocenters. The first kappa shape index (κ1) is 15.3. The van der Waals surface area contributed by atoms with Gasteiger partial charge in [-0.05, 0) is 37.1 Å². The topological polar surface area (TPSA) is 68.4 Å². The number of hydrogen-bond acceptors (Lipinski definition) is 2. The van der Waals surface area contributed by atoms with E-state index < -0.39 is 0 Å². The molecular weight excluding hydrogens is 273 g/mol. The molecule has 6 heteroatoms. The maximum absolute atomic E-state index is 13.1. The number of amides is 2. The average Bonchev–Trinajstić information content (AvgIpc) is 2.86. The maximum Gasteiger partial charge on any atom is 0.317 e. The van der Waals surface area contributed by atoms with Gasteiger partial charge in [-0.25, -0.2) is 9.18 Å². The second kappa shape index (κ2) is 7.08. The number of rotatable bonds is 6. The van der Waals surface area contributed by atoms with Crippen LogP contribution in [0.25, 0.3) is 10.9 Å². The van der Waals surface area contributed by atoms with E-state index in [-0.39, 0.29) is 18.5 Å². The van der Waals surface area contributed by atoms with Gasteiger partial charge < -0.3 is 20.3 Å². The second-order valence-corrected chi connectivity index (χ2v) is 4.79. The molecule has 1 heterocycles. The molecule has 0 radical (unpaired) electrons. The van der Waals surface area contributed by atoms with Gasteiger partial charge in [-0.2, -0.15) is 0 Å². The summed E-state index contributed by atoms with van der Waals surface area (Å²) in [6.07, 6.45) is 2.50. The van der Waals surface area contributed by atoms with Crippen molar-refractivity contribution in [3.8, 4) is 0 Å². The molecule has 0 aliphatic carbocycles. The number of benzene rings is 1. The van der Waals surface area contributed by atoms with Crippen LogP contribution in [0.2, 0.25) is 0 Å². The minimum absolute atomic E-state index is 0.0464. The fourth-order valence-electron chi connectivity index (χ4n) is 2.31. The van der Waals surface area contributed by atoms with Crippen LogP contribution in [-0.4, -0.2) is 47.3 Å². The number of aromatic nitrogens is 1. The van der Waals surface area contributed by atoms with Crippen molar-refractivity contribution in [3.05, 3.63) is 35.8 Å². The molecule has 2 rings (SSSR count). The number of likely N-dealkylation sites (N-methyl/N-ethyl adjacent to an activating group) is 1. The zero-order valence-electron chi connectivity index (χ0n) is 12.0. The first-order valence-corrected chi connectivity index (χ1v) is 7.04. The molecule has 1 aromatic heterocycles. The Morgan fingerprint density at radius 1 is 1.48 bits per heavy atom. The van der Waals surface area contributed by atoms with Crippen molar-refractivity contribution < 1.29 is 14.3 Å². The van der Waals surface area contributed by atoms with Crippen molar-refractivity contribution in [1.82, 2.24) is 15.2 Å². The van der Waals surface area contributed by atoms with Gasteiger partial charge in [-0.15, -0.1) is 0 Å². The van der Waals surface area contributed by atoms with E-state index in [1.54, 1.807) is 11.0 Å². The number of aromatic amines is 1. The van der Waals surface area contributed by atoms with E-state index in [1.807, 2.05) is 13.1 Å². The summed E-state index contributed by atoms with van der Waals surface area (Å²) in [5, 5.41) is 12.7. The van der Waals surface area contributed by atoms with Gasteiger partial charge in [0.05, 0.1) is 6.61 Å². The molecule has 0 fully saturated rings. The van der Waals surface area contributed by atoms with Crippen LogP contribution < -0.4 is 5.32 Å². The Balaban J connectivity index is 1.92. The normalized spacial score (nSPS) is 10.8. The van der Waals surface area contributed by atoms with Crippen LogP contribution in [0.4, 0.5) is 9.18 Å². The summed E-state index contributed by atoms with van der Waals surface area (Å²) in [4.78, 5) is 16.4. The van der Waals surface area contributed by atoms with Crippen LogP contribution in [-0.2, 0) is 6.42 Å². The van der Waals surface area contributed by atoms with Crippen LogP contribution in [0.15, 0.2) is 24.4 Å². The van der Waals surface area contributed by atoms with Crippen LogP contribution in [0.5, 0.6) is 0 Å². The van der Waals surface area contributed by atoms with Crippen molar-refractivity contribution in [1.29, 1.82) is 0 Å². The smallest absolute Gasteiger partial charge is 0.317 e. The molecule has 1 aromatic carbocycles. The monoisotopic (exact) mass is 293 g/mol. The summed E-state index contributed by atoms with van der Waals surface area (Å²) in [6, 6.07) is 4.44. The minimum atomic E-state index is -0.271. The molecule has 5 nitrogen and oxygen atoms in total. The maximum atomic E-state index is 13.1. The molecule has 3 N–H and O–H groups in total. The summed E-state index contributed by atoms with van der Waals surface area (Å²) in [6.45, 7) is 3.19. The van der Waals surface area contributed by atoms with E-state index in [9.17, 15) is 9.18 Å². The van der Waals surface area contributed by atoms with E-state index in [4.69, 9.17) is 5.11 Å². The molecule has 0 bridgehead atoms. The lowest BCUT2D eigenvalue weighted by molar-refractivity contribution is 0.180. The third-order valence-electron chi connectivity index (χ3n) is 3.44. The van der Waals surface area contributed by atoms with Gasteiger partial charge >= 0.3 is 6.03 Å². The number of halogens is 1. The van der Waals surface area contributed by atoms with E-state index in [2.05, 4.69) is 10.3 Å². The average molecular weight is 293 g/mol. The number of urea groups is 1. The van der Waals surface area contributed by atoms with E-state index in [1.165, 1.54) is 12.1 Å². The lowest BCUT2D eigenvalue weighted by Gasteiger charge is -2.20. The van der Waals surface area contributed by atoms with E-state index in [0.717, 1.165) is 16.5 Å². The highest BCUT2D eigenvalue weighted by Gasteiger charge is 2.10. The van der Waals surface area contributed by atoms with Crippen LogP contribution in [0.1, 0.15) is 12.5 Å². The van der Waals surface area contributed by atoms with Gasteiger partial charge in [0.15, 0.2) is 0 Å². The van der Waals surface area contributed by atoms with Gasteiger partial charge in [0, 0.05) is 36.7 Å². The van der Waals surface area contributed by atoms with Crippen molar-refractivity contribution in [2.24, 2.45) is 0 Å². The Bertz CT molecular complexity index is 612. The molecule has 2 amide bonds. The summed E-state index contributed by atoms with van der Waals surface area (Å²) in [5.41, 5.74) is 1.79. The number of H-pyrrole nitrogens is 1. The minimum Gasteiger partial charge on any atom is -0.395 e. The summed E-state index contributed by atoms with van der Waals surface area (Å²) in [5.74, 6) is -0.271. The van der Waals surface area contributed by atoms with Gasteiger partial charge in [0.1, 0.15) is 5.82 Å².